The summed E-state index contributed by atoms with van der Waals surface area (Å²) in [4.78, 5) is 38.2. The predicted octanol–water partition coefficient (Wildman–Crippen LogP) is 4.03. The number of halogens is 1. The summed E-state index contributed by atoms with van der Waals surface area (Å²) in [6.07, 6.45) is 1.59. The lowest BCUT2D eigenvalue weighted by Gasteiger charge is -2.13. The van der Waals surface area contributed by atoms with E-state index in [1.54, 1.807) is 49.6 Å². The minimum atomic E-state index is -0.522. The number of hydrogen-bond donors (Lipinski definition) is 1. The van der Waals surface area contributed by atoms with Gasteiger partial charge in [0.25, 0.3) is 11.1 Å². The highest BCUT2D eigenvalue weighted by Crippen LogP contribution is 2.33. The van der Waals surface area contributed by atoms with Crippen LogP contribution in [0.25, 0.3) is 6.08 Å². The van der Waals surface area contributed by atoms with Gasteiger partial charge in [-0.25, -0.2) is 0 Å². The number of anilines is 1. The van der Waals surface area contributed by atoms with Gasteiger partial charge in [-0.1, -0.05) is 23.7 Å². The number of carbonyl (C=O) groups is 3. The molecular formula is C20H17ClN2O5S. The number of hydrogen-bond acceptors (Lipinski definition) is 6. The highest BCUT2D eigenvalue weighted by Gasteiger charge is 2.36. The molecule has 0 spiro atoms. The maximum absolute atomic E-state index is 12.6. The molecular weight excluding hydrogens is 416 g/mol. The van der Waals surface area contributed by atoms with Crippen molar-refractivity contribution in [1.29, 1.82) is 0 Å². The average Bonchev–Trinajstić information content (AvgIpc) is 2.95. The first-order valence-corrected chi connectivity index (χ1v) is 9.63. The third kappa shape index (κ3) is 4.90. The lowest BCUT2D eigenvalue weighted by Crippen LogP contribution is -2.36. The number of methoxy groups -OCH3 is 2. The van der Waals surface area contributed by atoms with Crippen LogP contribution in [0, 0.1) is 0 Å². The van der Waals surface area contributed by atoms with Crippen molar-refractivity contribution in [2.24, 2.45) is 0 Å². The molecule has 150 valence electrons. The second-order valence-corrected chi connectivity index (χ2v) is 7.34. The lowest BCUT2D eigenvalue weighted by molar-refractivity contribution is -0.127. The van der Waals surface area contributed by atoms with Crippen LogP contribution >= 0.6 is 23.4 Å². The molecule has 0 atom stereocenters. The average molecular weight is 433 g/mol. The van der Waals surface area contributed by atoms with Gasteiger partial charge in [-0.2, -0.15) is 0 Å². The van der Waals surface area contributed by atoms with E-state index in [0.29, 0.717) is 27.8 Å². The minimum Gasteiger partial charge on any atom is -0.497 e. The summed E-state index contributed by atoms with van der Waals surface area (Å²) in [5, 5.41) is 2.44. The first kappa shape index (κ1) is 20.8. The first-order valence-electron chi connectivity index (χ1n) is 8.44. The van der Waals surface area contributed by atoms with Gasteiger partial charge in [0.05, 0.1) is 24.1 Å². The molecule has 29 heavy (non-hydrogen) atoms. The fourth-order valence-electron chi connectivity index (χ4n) is 2.61. The standard InChI is InChI=1S/C20H17ClN2O5S/c1-27-14-5-3-4-12(8-14)9-17-19(25)23(20(26)29-17)11-18(24)22-13-6-7-16(28-2)15(21)10-13/h3-10H,11H2,1-2H3,(H,22,24)/b17-9+. The molecule has 0 unspecified atom stereocenters. The van der Waals surface area contributed by atoms with Gasteiger partial charge in [-0.15, -0.1) is 0 Å². The third-order valence-corrected chi connectivity index (χ3v) is 5.21. The summed E-state index contributed by atoms with van der Waals surface area (Å²) in [5.74, 6) is 0.0655. The fourth-order valence-corrected chi connectivity index (χ4v) is 3.70. The van der Waals surface area contributed by atoms with Gasteiger partial charge in [0.1, 0.15) is 18.0 Å². The lowest BCUT2D eigenvalue weighted by atomic mass is 10.2. The molecule has 1 N–H and O–H groups in total. The van der Waals surface area contributed by atoms with Crippen molar-refractivity contribution in [2.75, 3.05) is 26.1 Å². The maximum atomic E-state index is 12.6. The molecule has 1 heterocycles. The SMILES string of the molecule is COc1cccc(/C=C2/SC(=O)N(CC(=O)Nc3ccc(OC)c(Cl)c3)C2=O)c1. The van der Waals surface area contributed by atoms with Crippen LogP contribution in [0.5, 0.6) is 11.5 Å². The van der Waals surface area contributed by atoms with Crippen molar-refractivity contribution >= 4 is 52.2 Å². The Balaban J connectivity index is 1.68. The topological polar surface area (TPSA) is 84.9 Å². The number of nitrogens with zero attached hydrogens (tertiary/aromatic N) is 1. The maximum Gasteiger partial charge on any atom is 0.294 e. The van der Waals surface area contributed by atoms with Gasteiger partial charge in [0, 0.05) is 5.69 Å². The molecule has 9 heteroatoms. The summed E-state index contributed by atoms with van der Waals surface area (Å²) in [6, 6.07) is 11.8. The molecule has 3 amide bonds. The van der Waals surface area contributed by atoms with Crippen molar-refractivity contribution in [2.45, 2.75) is 0 Å². The van der Waals surface area contributed by atoms with Crippen LogP contribution in [-0.2, 0) is 9.59 Å². The van der Waals surface area contributed by atoms with Gasteiger partial charge < -0.3 is 14.8 Å². The molecule has 1 aliphatic heterocycles. The summed E-state index contributed by atoms with van der Waals surface area (Å²) in [7, 11) is 3.03. The van der Waals surface area contributed by atoms with E-state index in [-0.39, 0.29) is 4.91 Å². The van der Waals surface area contributed by atoms with Crippen molar-refractivity contribution in [3.8, 4) is 11.5 Å². The highest BCUT2D eigenvalue weighted by molar-refractivity contribution is 8.18. The number of carbonyl (C=O) groups excluding carboxylic acids is 3. The molecule has 0 aliphatic carbocycles. The molecule has 1 aliphatic rings. The van der Waals surface area contributed by atoms with Crippen LogP contribution in [0.2, 0.25) is 5.02 Å². The van der Waals surface area contributed by atoms with Crippen LogP contribution in [0.1, 0.15) is 5.56 Å². The second-order valence-electron chi connectivity index (χ2n) is 5.94. The van der Waals surface area contributed by atoms with E-state index in [1.807, 2.05) is 0 Å². The van der Waals surface area contributed by atoms with Crippen molar-refractivity contribution in [3.63, 3.8) is 0 Å². The predicted molar refractivity (Wildman–Crippen MR) is 112 cm³/mol. The Morgan fingerprint density at radius 3 is 2.66 bits per heavy atom. The molecule has 7 nitrogen and oxygen atoms in total. The summed E-state index contributed by atoms with van der Waals surface area (Å²) in [6.45, 7) is -0.399. The van der Waals surface area contributed by atoms with Crippen molar-refractivity contribution in [3.05, 3.63) is 58.0 Å². The van der Waals surface area contributed by atoms with E-state index in [9.17, 15) is 14.4 Å². The number of nitrogens with one attached hydrogen (secondary N) is 1. The molecule has 0 bridgehead atoms. The zero-order chi connectivity index (χ0) is 21.0. The molecule has 2 aromatic rings. The van der Waals surface area contributed by atoms with Gasteiger partial charge in [0.2, 0.25) is 5.91 Å². The Labute approximate surface area is 176 Å². The Kier molecular flexibility index (Phi) is 6.46. The molecule has 1 saturated heterocycles. The van der Waals surface area contributed by atoms with Crippen molar-refractivity contribution < 1.29 is 23.9 Å². The highest BCUT2D eigenvalue weighted by atomic mass is 35.5. The van der Waals surface area contributed by atoms with Crippen LogP contribution in [0.4, 0.5) is 10.5 Å². The summed E-state index contributed by atoms with van der Waals surface area (Å²) >= 11 is 6.82. The smallest absolute Gasteiger partial charge is 0.294 e. The number of imide groups is 1. The van der Waals surface area contributed by atoms with E-state index < -0.39 is 23.6 Å². The second kappa shape index (κ2) is 9.02. The Morgan fingerprint density at radius 2 is 1.97 bits per heavy atom. The zero-order valence-electron chi connectivity index (χ0n) is 15.6. The van der Waals surface area contributed by atoms with E-state index in [1.165, 1.54) is 13.2 Å². The van der Waals surface area contributed by atoms with Gasteiger partial charge in [0.15, 0.2) is 0 Å². The number of thioether (sulfide) groups is 1. The van der Waals surface area contributed by atoms with Crippen LogP contribution in [0.3, 0.4) is 0 Å². The molecule has 2 aromatic carbocycles. The molecule has 3 rings (SSSR count). The molecule has 1 fully saturated rings. The molecule has 0 saturated carbocycles. The fraction of sp³-hybridized carbons (Fsp3) is 0.150. The van der Waals surface area contributed by atoms with Gasteiger partial charge in [-0.05, 0) is 53.7 Å². The minimum absolute atomic E-state index is 0.239. The zero-order valence-corrected chi connectivity index (χ0v) is 17.2. The van der Waals surface area contributed by atoms with E-state index in [4.69, 9.17) is 21.1 Å². The number of ether oxygens (including phenoxy) is 2. The molecule has 0 radical (unpaired) electrons. The van der Waals surface area contributed by atoms with Crippen LogP contribution in [-0.4, -0.2) is 42.7 Å². The normalized spacial score (nSPS) is 15.0. The number of benzene rings is 2. The monoisotopic (exact) mass is 432 g/mol. The quantitative estimate of drug-likeness (QED) is 0.693. The number of rotatable bonds is 6. The Bertz CT molecular complexity index is 1010. The van der Waals surface area contributed by atoms with E-state index in [0.717, 1.165) is 16.7 Å². The van der Waals surface area contributed by atoms with Gasteiger partial charge >= 0.3 is 0 Å². The summed E-state index contributed by atoms with van der Waals surface area (Å²) in [5.41, 5.74) is 1.15. The van der Waals surface area contributed by atoms with E-state index in [2.05, 4.69) is 5.32 Å². The van der Waals surface area contributed by atoms with Crippen molar-refractivity contribution in [1.82, 2.24) is 4.90 Å². The Hall–Kier alpha value is -2.97. The van der Waals surface area contributed by atoms with Gasteiger partial charge in [-0.3, -0.25) is 19.3 Å². The third-order valence-electron chi connectivity index (χ3n) is 4.00. The molecule has 0 aromatic heterocycles. The first-order chi connectivity index (χ1) is 13.9. The Morgan fingerprint density at radius 1 is 1.17 bits per heavy atom. The number of amides is 3. The largest absolute Gasteiger partial charge is 0.497 e. The van der Waals surface area contributed by atoms with Crippen LogP contribution < -0.4 is 14.8 Å². The van der Waals surface area contributed by atoms with E-state index >= 15 is 0 Å². The van der Waals surface area contributed by atoms with Crippen LogP contribution in [0.15, 0.2) is 47.4 Å². The summed E-state index contributed by atoms with van der Waals surface area (Å²) < 4.78 is 10.2.